The van der Waals surface area contributed by atoms with Gasteiger partial charge in [0.2, 0.25) is 11.7 Å². The van der Waals surface area contributed by atoms with Crippen molar-refractivity contribution >= 4 is 11.7 Å². The van der Waals surface area contributed by atoms with E-state index >= 15 is 0 Å². The summed E-state index contributed by atoms with van der Waals surface area (Å²) >= 11 is 0. The molecule has 200 valence electrons. The third-order valence-corrected chi connectivity index (χ3v) is 8.37. The van der Waals surface area contributed by atoms with E-state index < -0.39 is 5.41 Å². The summed E-state index contributed by atoms with van der Waals surface area (Å²) in [7, 11) is 0. The highest BCUT2D eigenvalue weighted by Gasteiger charge is 2.52. The van der Waals surface area contributed by atoms with Crippen molar-refractivity contribution < 1.29 is 31.1 Å². The van der Waals surface area contributed by atoms with E-state index in [0.29, 0.717) is 12.6 Å². The van der Waals surface area contributed by atoms with Crippen LogP contribution in [0.25, 0.3) is 0 Å². The van der Waals surface area contributed by atoms with Gasteiger partial charge in [0, 0.05) is 13.3 Å². The van der Waals surface area contributed by atoms with Gasteiger partial charge in [-0.3, -0.25) is 14.3 Å². The number of amidine groups is 1. The number of benzene rings is 3. The number of amides is 1. The summed E-state index contributed by atoms with van der Waals surface area (Å²) in [6.07, 6.45) is 3.99. The lowest BCUT2D eigenvalue weighted by atomic mass is 9.64. The van der Waals surface area contributed by atoms with E-state index in [4.69, 9.17) is 10.5 Å². The highest BCUT2D eigenvalue weighted by Crippen LogP contribution is 2.48. The molecule has 0 radical (unpaired) electrons. The molecule has 1 fully saturated rings. The highest BCUT2D eigenvalue weighted by molar-refractivity contribution is 5.91. The van der Waals surface area contributed by atoms with Gasteiger partial charge in [-0.2, -0.15) is 0 Å². The van der Waals surface area contributed by atoms with Crippen molar-refractivity contribution in [2.24, 2.45) is 11.7 Å². The standard InChI is InChI=1S/C32H37N3O2.BrH/c1-25-34(20-11-23-37-30-16-9-4-10-17-30)21-22-35(25)29-19-18-28(24-29)32(31(33)36,26-12-5-2-6-13-26)27-14-7-3-8-15-27;/h2-10,12-17,28-29H,11,18-24H2,1H3,(H-,33,36);1H/t28-,29+;/m1./s1. The van der Waals surface area contributed by atoms with Gasteiger partial charge < -0.3 is 27.5 Å². The lowest BCUT2D eigenvalue weighted by molar-refractivity contribution is -0.519. The Morgan fingerprint density at radius 1 is 0.947 bits per heavy atom. The summed E-state index contributed by atoms with van der Waals surface area (Å²) in [5.41, 5.74) is 7.48. The number of primary amides is 1. The topological polar surface area (TPSA) is 58.6 Å². The largest absolute Gasteiger partial charge is 1.00 e. The van der Waals surface area contributed by atoms with Crippen molar-refractivity contribution in [1.82, 2.24) is 4.90 Å². The minimum atomic E-state index is -0.820. The summed E-state index contributed by atoms with van der Waals surface area (Å²) in [4.78, 5) is 16.0. The number of halogens is 1. The monoisotopic (exact) mass is 575 g/mol. The first kappa shape index (κ1) is 27.9. The SMILES string of the molecule is CC1=[N+](CCCOc2ccccc2)CCN1[C@H]1CC[C@@H](C(C(N)=O)(c2ccccc2)c2ccccc2)C1.[Br-]. The predicted octanol–water partition coefficient (Wildman–Crippen LogP) is 1.85. The number of rotatable bonds is 10. The smallest absolute Gasteiger partial charge is 0.244 e. The van der Waals surface area contributed by atoms with E-state index in [1.54, 1.807) is 0 Å². The second kappa shape index (κ2) is 12.6. The fraction of sp³-hybridized carbons (Fsp3) is 0.375. The Bertz CT molecular complexity index is 1180. The maximum Gasteiger partial charge on any atom is 0.244 e. The molecule has 0 unspecified atom stereocenters. The Labute approximate surface area is 237 Å². The van der Waals surface area contributed by atoms with Crippen LogP contribution in [0, 0.1) is 5.92 Å². The van der Waals surface area contributed by atoms with Crippen molar-refractivity contribution in [1.29, 1.82) is 0 Å². The molecule has 2 N–H and O–H groups in total. The van der Waals surface area contributed by atoms with Crippen LogP contribution < -0.4 is 27.5 Å². The van der Waals surface area contributed by atoms with Crippen molar-refractivity contribution in [3.05, 3.63) is 102 Å². The number of hydrogen-bond donors (Lipinski definition) is 1. The molecule has 38 heavy (non-hydrogen) atoms. The molecule has 0 saturated heterocycles. The average molecular weight is 577 g/mol. The molecule has 1 saturated carbocycles. The van der Waals surface area contributed by atoms with Crippen molar-refractivity contribution in [2.45, 2.75) is 44.1 Å². The number of nitrogens with two attached hydrogens (primary N) is 1. The molecule has 5 rings (SSSR count). The molecule has 1 aliphatic heterocycles. The molecular formula is C32H38BrN3O2. The van der Waals surface area contributed by atoms with Gasteiger partial charge >= 0.3 is 0 Å². The van der Waals surface area contributed by atoms with Gasteiger partial charge in [0.05, 0.1) is 19.2 Å². The van der Waals surface area contributed by atoms with Crippen molar-refractivity contribution in [3.63, 3.8) is 0 Å². The second-order valence-electron chi connectivity index (χ2n) is 10.3. The van der Waals surface area contributed by atoms with Gasteiger partial charge in [0.25, 0.3) is 0 Å². The molecule has 2 atom stereocenters. The first-order valence-corrected chi connectivity index (χ1v) is 13.5. The molecule has 2 aliphatic rings. The van der Waals surface area contributed by atoms with Crippen LogP contribution in [0.2, 0.25) is 0 Å². The van der Waals surface area contributed by atoms with Gasteiger partial charge in [-0.1, -0.05) is 78.9 Å². The van der Waals surface area contributed by atoms with Crippen LogP contribution in [0.5, 0.6) is 5.75 Å². The van der Waals surface area contributed by atoms with E-state index in [0.717, 1.165) is 62.2 Å². The molecule has 3 aromatic rings. The van der Waals surface area contributed by atoms with E-state index in [1.807, 2.05) is 66.7 Å². The Morgan fingerprint density at radius 2 is 1.53 bits per heavy atom. The number of hydrogen-bond acceptors (Lipinski definition) is 3. The first-order chi connectivity index (χ1) is 18.1. The molecular weight excluding hydrogens is 538 g/mol. The van der Waals surface area contributed by atoms with E-state index in [-0.39, 0.29) is 28.8 Å². The minimum Gasteiger partial charge on any atom is -1.00 e. The second-order valence-corrected chi connectivity index (χ2v) is 10.3. The summed E-state index contributed by atoms with van der Waals surface area (Å²) < 4.78 is 8.38. The van der Waals surface area contributed by atoms with Crippen LogP contribution in [0.3, 0.4) is 0 Å². The molecule has 5 nitrogen and oxygen atoms in total. The number of ether oxygens (including phenoxy) is 1. The van der Waals surface area contributed by atoms with E-state index in [2.05, 4.69) is 40.7 Å². The van der Waals surface area contributed by atoms with Crippen LogP contribution in [0.1, 0.15) is 43.7 Å². The van der Waals surface area contributed by atoms with Gasteiger partial charge in [-0.15, -0.1) is 0 Å². The van der Waals surface area contributed by atoms with E-state index in [1.165, 1.54) is 5.84 Å². The van der Waals surface area contributed by atoms with Gasteiger partial charge in [-0.25, -0.2) is 0 Å². The average Bonchev–Trinajstić information content (AvgIpc) is 3.56. The molecule has 1 heterocycles. The number of carbonyl (C=O) groups is 1. The molecule has 0 spiro atoms. The zero-order chi connectivity index (χ0) is 25.7. The van der Waals surface area contributed by atoms with E-state index in [9.17, 15) is 4.79 Å². The molecule has 3 aromatic carbocycles. The maximum absolute atomic E-state index is 13.4. The Hall–Kier alpha value is -3.12. The lowest BCUT2D eigenvalue weighted by Crippen LogP contribution is -3.00. The van der Waals surface area contributed by atoms with Gasteiger partial charge in [0.15, 0.2) is 0 Å². The molecule has 0 bridgehead atoms. The van der Waals surface area contributed by atoms with Crippen LogP contribution in [0.15, 0.2) is 91.0 Å². The lowest BCUT2D eigenvalue weighted by Gasteiger charge is -2.37. The molecule has 6 heteroatoms. The summed E-state index contributed by atoms with van der Waals surface area (Å²) in [6, 6.07) is 30.8. The van der Waals surface area contributed by atoms with Crippen LogP contribution in [-0.2, 0) is 10.2 Å². The molecule has 1 aliphatic carbocycles. The summed E-state index contributed by atoms with van der Waals surface area (Å²) in [6.45, 7) is 6.02. The third kappa shape index (κ3) is 5.51. The minimum absolute atomic E-state index is 0. The highest BCUT2D eigenvalue weighted by atomic mass is 79.9. The number of nitrogens with zero attached hydrogens (tertiary/aromatic N) is 2. The maximum atomic E-state index is 13.4. The Kier molecular flexibility index (Phi) is 9.26. The fourth-order valence-electron chi connectivity index (χ4n) is 6.58. The van der Waals surface area contributed by atoms with Crippen LogP contribution >= 0.6 is 0 Å². The Balaban J connectivity index is 0.00000336. The van der Waals surface area contributed by atoms with Crippen molar-refractivity contribution in [2.75, 3.05) is 26.2 Å². The van der Waals surface area contributed by atoms with Gasteiger partial charge in [-0.05, 0) is 48.4 Å². The summed E-state index contributed by atoms with van der Waals surface area (Å²) in [5.74, 6) is 2.17. The van der Waals surface area contributed by atoms with Gasteiger partial charge in [0.1, 0.15) is 24.3 Å². The first-order valence-electron chi connectivity index (χ1n) is 13.5. The van der Waals surface area contributed by atoms with Crippen LogP contribution in [0.4, 0.5) is 0 Å². The third-order valence-electron chi connectivity index (χ3n) is 8.37. The summed E-state index contributed by atoms with van der Waals surface area (Å²) in [5, 5.41) is 0. The number of carbonyl (C=O) groups excluding carboxylic acids is 1. The van der Waals surface area contributed by atoms with Crippen LogP contribution in [-0.4, -0.2) is 53.5 Å². The molecule has 0 aromatic heterocycles. The number of para-hydroxylation sites is 1. The zero-order valence-electron chi connectivity index (χ0n) is 22.1. The Morgan fingerprint density at radius 3 is 2.11 bits per heavy atom. The van der Waals surface area contributed by atoms with Crippen molar-refractivity contribution in [3.8, 4) is 5.75 Å². The molecule has 1 amide bonds. The normalized spacial score (nSPS) is 19.3. The fourth-order valence-corrected chi connectivity index (χ4v) is 6.58. The quantitative estimate of drug-likeness (QED) is 0.296. The zero-order valence-corrected chi connectivity index (χ0v) is 23.7. The predicted molar refractivity (Wildman–Crippen MR) is 148 cm³/mol.